The van der Waals surface area contributed by atoms with E-state index in [1.807, 2.05) is 26.0 Å². The van der Waals surface area contributed by atoms with Crippen molar-refractivity contribution in [2.24, 2.45) is 0 Å². The molecule has 94 valence electrons. The number of urea groups is 1. The molecule has 1 aromatic carbocycles. The molecule has 0 aliphatic heterocycles. The van der Waals surface area contributed by atoms with E-state index < -0.39 is 0 Å². The molecule has 0 aliphatic rings. The van der Waals surface area contributed by atoms with Gasteiger partial charge in [-0.05, 0) is 31.5 Å². The molecule has 1 rings (SSSR count). The van der Waals surface area contributed by atoms with Crippen LogP contribution in [0.5, 0.6) is 0 Å². The number of anilines is 1. The summed E-state index contributed by atoms with van der Waals surface area (Å²) >= 11 is 5.96. The van der Waals surface area contributed by atoms with Crippen molar-refractivity contribution in [3.05, 3.63) is 28.8 Å². The van der Waals surface area contributed by atoms with Crippen LogP contribution in [0, 0.1) is 6.92 Å². The maximum atomic E-state index is 11.6. The second-order valence-corrected chi connectivity index (χ2v) is 4.33. The third kappa shape index (κ3) is 4.63. The molecule has 0 heterocycles. The number of carbonyl (C=O) groups excluding carboxylic acids is 1. The van der Waals surface area contributed by atoms with Gasteiger partial charge in [0.05, 0.1) is 12.6 Å². The molecular formula is C12H17ClN2O2. The first-order valence-electron chi connectivity index (χ1n) is 5.35. The van der Waals surface area contributed by atoms with E-state index in [0.29, 0.717) is 17.3 Å². The number of benzene rings is 1. The van der Waals surface area contributed by atoms with Crippen LogP contribution in [0.3, 0.4) is 0 Å². The molecule has 1 aromatic rings. The fourth-order valence-corrected chi connectivity index (χ4v) is 1.53. The number of methoxy groups -OCH3 is 1. The number of halogens is 1. The van der Waals surface area contributed by atoms with Crippen LogP contribution in [0.2, 0.25) is 5.02 Å². The van der Waals surface area contributed by atoms with Gasteiger partial charge in [-0.25, -0.2) is 4.79 Å². The molecular weight excluding hydrogens is 240 g/mol. The Morgan fingerprint density at radius 1 is 1.53 bits per heavy atom. The van der Waals surface area contributed by atoms with Gasteiger partial charge < -0.3 is 15.4 Å². The highest BCUT2D eigenvalue weighted by molar-refractivity contribution is 6.31. The van der Waals surface area contributed by atoms with E-state index in [1.165, 1.54) is 0 Å². The lowest BCUT2D eigenvalue weighted by atomic mass is 10.2. The number of ether oxygens (including phenoxy) is 1. The number of aryl methyl sites for hydroxylation is 1. The lowest BCUT2D eigenvalue weighted by Crippen LogP contribution is -2.38. The average molecular weight is 257 g/mol. The zero-order chi connectivity index (χ0) is 12.8. The van der Waals surface area contributed by atoms with E-state index in [2.05, 4.69) is 10.6 Å². The predicted molar refractivity (Wildman–Crippen MR) is 69.7 cm³/mol. The molecule has 4 nitrogen and oxygen atoms in total. The number of nitrogens with one attached hydrogen (secondary N) is 2. The molecule has 17 heavy (non-hydrogen) atoms. The van der Waals surface area contributed by atoms with Gasteiger partial charge in [0.1, 0.15) is 0 Å². The molecule has 0 radical (unpaired) electrons. The van der Waals surface area contributed by atoms with Gasteiger partial charge in [0.15, 0.2) is 0 Å². The van der Waals surface area contributed by atoms with Gasteiger partial charge in [0.2, 0.25) is 0 Å². The molecule has 0 bridgehead atoms. The molecule has 5 heteroatoms. The zero-order valence-electron chi connectivity index (χ0n) is 10.2. The highest BCUT2D eigenvalue weighted by Crippen LogP contribution is 2.19. The summed E-state index contributed by atoms with van der Waals surface area (Å²) in [5.41, 5.74) is 1.65. The fourth-order valence-electron chi connectivity index (χ4n) is 1.35. The minimum atomic E-state index is -0.269. The van der Waals surface area contributed by atoms with E-state index in [9.17, 15) is 4.79 Å². The Bertz CT molecular complexity index is 396. The summed E-state index contributed by atoms with van der Waals surface area (Å²) in [6, 6.07) is 5.07. The van der Waals surface area contributed by atoms with Gasteiger partial charge in [0, 0.05) is 17.8 Å². The van der Waals surface area contributed by atoms with Crippen LogP contribution in [0.15, 0.2) is 18.2 Å². The summed E-state index contributed by atoms with van der Waals surface area (Å²) in [7, 11) is 1.59. The Morgan fingerprint density at radius 2 is 2.24 bits per heavy atom. The Morgan fingerprint density at radius 3 is 2.82 bits per heavy atom. The topological polar surface area (TPSA) is 50.4 Å². The molecule has 0 fully saturated rings. The number of rotatable bonds is 4. The second-order valence-electron chi connectivity index (χ2n) is 3.92. The van der Waals surface area contributed by atoms with E-state index in [4.69, 9.17) is 16.3 Å². The Kier molecular flexibility index (Phi) is 5.25. The van der Waals surface area contributed by atoms with Crippen molar-refractivity contribution in [2.45, 2.75) is 19.9 Å². The third-order valence-electron chi connectivity index (χ3n) is 2.22. The summed E-state index contributed by atoms with van der Waals surface area (Å²) in [5, 5.41) is 6.09. The van der Waals surface area contributed by atoms with Gasteiger partial charge in [-0.3, -0.25) is 0 Å². The summed E-state index contributed by atoms with van der Waals surface area (Å²) in [6.45, 7) is 4.25. The number of hydrogen-bond acceptors (Lipinski definition) is 2. The molecule has 2 N–H and O–H groups in total. The summed E-state index contributed by atoms with van der Waals surface area (Å²) in [4.78, 5) is 11.6. The van der Waals surface area contributed by atoms with Crippen molar-refractivity contribution in [2.75, 3.05) is 19.0 Å². The molecule has 1 atom stereocenters. The maximum Gasteiger partial charge on any atom is 0.319 e. The van der Waals surface area contributed by atoms with Crippen molar-refractivity contribution < 1.29 is 9.53 Å². The molecule has 0 saturated carbocycles. The number of carbonyl (C=O) groups is 1. The maximum absolute atomic E-state index is 11.6. The largest absolute Gasteiger partial charge is 0.383 e. The number of amides is 2. The van der Waals surface area contributed by atoms with Gasteiger partial charge in [-0.15, -0.1) is 0 Å². The monoisotopic (exact) mass is 256 g/mol. The Balaban J connectivity index is 2.53. The van der Waals surface area contributed by atoms with Gasteiger partial charge in [-0.1, -0.05) is 17.7 Å². The van der Waals surface area contributed by atoms with Crippen molar-refractivity contribution in [3.8, 4) is 0 Å². The van der Waals surface area contributed by atoms with E-state index in [1.54, 1.807) is 13.2 Å². The highest BCUT2D eigenvalue weighted by Gasteiger charge is 2.07. The fraction of sp³-hybridized carbons (Fsp3) is 0.417. The zero-order valence-corrected chi connectivity index (χ0v) is 11.0. The first kappa shape index (κ1) is 13.8. The second kappa shape index (κ2) is 6.47. The van der Waals surface area contributed by atoms with Crippen LogP contribution in [0.25, 0.3) is 0 Å². The van der Waals surface area contributed by atoms with E-state index >= 15 is 0 Å². The van der Waals surface area contributed by atoms with E-state index in [-0.39, 0.29) is 12.1 Å². The predicted octanol–water partition coefficient (Wildman–Crippen LogP) is 2.80. The quantitative estimate of drug-likeness (QED) is 0.870. The highest BCUT2D eigenvalue weighted by atomic mass is 35.5. The van der Waals surface area contributed by atoms with Crippen molar-refractivity contribution >= 4 is 23.3 Å². The minimum Gasteiger partial charge on any atom is -0.383 e. The molecule has 0 spiro atoms. The summed E-state index contributed by atoms with van der Waals surface area (Å²) in [5.74, 6) is 0. The molecule has 1 unspecified atom stereocenters. The van der Waals surface area contributed by atoms with Crippen molar-refractivity contribution in [1.29, 1.82) is 0 Å². The standard InChI is InChI=1S/C12H17ClN2O2/c1-8-4-5-10(6-11(8)13)15-12(16)14-9(2)7-17-3/h4-6,9H,7H2,1-3H3,(H2,14,15,16). The van der Waals surface area contributed by atoms with E-state index in [0.717, 1.165) is 5.56 Å². The van der Waals surface area contributed by atoms with Crippen LogP contribution in [-0.2, 0) is 4.74 Å². The lowest BCUT2D eigenvalue weighted by molar-refractivity contribution is 0.173. The first-order valence-corrected chi connectivity index (χ1v) is 5.73. The summed E-state index contributed by atoms with van der Waals surface area (Å²) in [6.07, 6.45) is 0. The minimum absolute atomic E-state index is 0.0408. The molecule has 0 aromatic heterocycles. The molecule has 0 saturated heterocycles. The van der Waals surface area contributed by atoms with Crippen LogP contribution in [0.4, 0.5) is 10.5 Å². The smallest absolute Gasteiger partial charge is 0.319 e. The van der Waals surface area contributed by atoms with Crippen LogP contribution >= 0.6 is 11.6 Å². The first-order chi connectivity index (χ1) is 8.02. The molecule has 2 amide bonds. The Hall–Kier alpha value is -1.26. The van der Waals surface area contributed by atoms with Crippen LogP contribution < -0.4 is 10.6 Å². The molecule has 0 aliphatic carbocycles. The van der Waals surface area contributed by atoms with Gasteiger partial charge in [-0.2, -0.15) is 0 Å². The Labute approximate surface area is 106 Å². The SMILES string of the molecule is COCC(C)NC(=O)Nc1ccc(C)c(Cl)c1. The van der Waals surface area contributed by atoms with Gasteiger partial charge in [0.25, 0.3) is 0 Å². The van der Waals surface area contributed by atoms with Crippen LogP contribution in [-0.4, -0.2) is 25.8 Å². The summed E-state index contributed by atoms with van der Waals surface area (Å²) < 4.78 is 4.93. The van der Waals surface area contributed by atoms with Gasteiger partial charge >= 0.3 is 6.03 Å². The van der Waals surface area contributed by atoms with Crippen molar-refractivity contribution in [3.63, 3.8) is 0 Å². The van der Waals surface area contributed by atoms with Crippen molar-refractivity contribution in [1.82, 2.24) is 5.32 Å². The normalized spacial score (nSPS) is 12.0. The third-order valence-corrected chi connectivity index (χ3v) is 2.63. The lowest BCUT2D eigenvalue weighted by Gasteiger charge is -2.13. The average Bonchev–Trinajstić information content (AvgIpc) is 2.23. The van der Waals surface area contributed by atoms with Crippen LogP contribution in [0.1, 0.15) is 12.5 Å². The number of hydrogen-bond donors (Lipinski definition) is 2.